The summed E-state index contributed by atoms with van der Waals surface area (Å²) in [6, 6.07) is 5.28. The Kier molecular flexibility index (Phi) is 4.28. The Hall–Kier alpha value is -0.680. The molecule has 0 bridgehead atoms. The largest absolute Gasteiger partial charge is 0.300 e. The zero-order valence-corrected chi connectivity index (χ0v) is 9.36. The first kappa shape index (κ1) is 11.4. The van der Waals surface area contributed by atoms with Crippen LogP contribution in [-0.4, -0.2) is 6.54 Å². The van der Waals surface area contributed by atoms with Gasteiger partial charge in [0.05, 0.1) is 16.1 Å². The minimum atomic E-state index is -0.175. The molecule has 0 saturated carbocycles. The number of rotatable bonds is 3. The standard InChI is InChI=1S/C11H11Cl2N/c1-3-10(14-4-2)8-6-5-7-9(12)11(8)13/h1,5-7,10,14H,4H2,2H3. The lowest BCUT2D eigenvalue weighted by Crippen LogP contribution is -2.19. The minimum absolute atomic E-state index is 0.175. The molecule has 1 aromatic rings. The van der Waals surface area contributed by atoms with E-state index in [2.05, 4.69) is 11.2 Å². The smallest absolute Gasteiger partial charge is 0.0958 e. The van der Waals surface area contributed by atoms with Gasteiger partial charge in [-0.25, -0.2) is 0 Å². The maximum absolute atomic E-state index is 6.03. The number of hydrogen-bond donors (Lipinski definition) is 1. The highest BCUT2D eigenvalue weighted by Gasteiger charge is 2.12. The van der Waals surface area contributed by atoms with Gasteiger partial charge in [0.25, 0.3) is 0 Å². The predicted octanol–water partition coefficient (Wildman–Crippen LogP) is 3.28. The van der Waals surface area contributed by atoms with E-state index in [4.69, 9.17) is 29.6 Å². The molecule has 0 radical (unpaired) electrons. The van der Waals surface area contributed by atoms with E-state index in [1.54, 1.807) is 6.07 Å². The molecule has 1 atom stereocenters. The fourth-order valence-electron chi connectivity index (χ4n) is 1.21. The van der Waals surface area contributed by atoms with Crippen LogP contribution in [-0.2, 0) is 0 Å². The van der Waals surface area contributed by atoms with Crippen LogP contribution in [0.2, 0.25) is 10.0 Å². The van der Waals surface area contributed by atoms with Crippen LogP contribution in [0.4, 0.5) is 0 Å². The normalized spacial score (nSPS) is 12.1. The Morgan fingerprint density at radius 3 is 2.79 bits per heavy atom. The number of terminal acetylenes is 1. The molecule has 0 aliphatic rings. The summed E-state index contributed by atoms with van der Waals surface area (Å²) in [4.78, 5) is 0. The lowest BCUT2D eigenvalue weighted by atomic mass is 10.1. The second-order valence-electron chi connectivity index (χ2n) is 2.80. The molecular formula is C11H11Cl2N. The van der Waals surface area contributed by atoms with Crippen LogP contribution in [0.25, 0.3) is 0 Å². The van der Waals surface area contributed by atoms with Gasteiger partial charge < -0.3 is 5.32 Å². The minimum Gasteiger partial charge on any atom is -0.300 e. The van der Waals surface area contributed by atoms with Crippen molar-refractivity contribution in [1.29, 1.82) is 0 Å². The third-order valence-electron chi connectivity index (χ3n) is 1.87. The van der Waals surface area contributed by atoms with Crippen LogP contribution in [0.3, 0.4) is 0 Å². The first-order chi connectivity index (χ1) is 6.70. The number of halogens is 2. The summed E-state index contributed by atoms with van der Waals surface area (Å²) in [5.74, 6) is 2.63. The highest BCUT2D eigenvalue weighted by molar-refractivity contribution is 6.42. The molecular weight excluding hydrogens is 217 g/mol. The van der Waals surface area contributed by atoms with Crippen LogP contribution < -0.4 is 5.32 Å². The van der Waals surface area contributed by atoms with Gasteiger partial charge >= 0.3 is 0 Å². The Labute approximate surface area is 94.4 Å². The number of hydrogen-bond acceptors (Lipinski definition) is 1. The maximum Gasteiger partial charge on any atom is 0.0958 e. The van der Waals surface area contributed by atoms with E-state index >= 15 is 0 Å². The number of nitrogens with one attached hydrogen (secondary N) is 1. The van der Waals surface area contributed by atoms with Crippen molar-refractivity contribution in [1.82, 2.24) is 5.32 Å². The third-order valence-corrected chi connectivity index (χ3v) is 2.70. The number of benzene rings is 1. The van der Waals surface area contributed by atoms with Crippen molar-refractivity contribution >= 4 is 23.2 Å². The van der Waals surface area contributed by atoms with Gasteiger partial charge in [-0.05, 0) is 12.6 Å². The van der Waals surface area contributed by atoms with Gasteiger partial charge in [0.2, 0.25) is 0 Å². The molecule has 1 rings (SSSR count). The van der Waals surface area contributed by atoms with Gasteiger partial charge in [0.15, 0.2) is 0 Å². The average molecular weight is 228 g/mol. The molecule has 0 aliphatic carbocycles. The summed E-state index contributed by atoms with van der Waals surface area (Å²) in [6.45, 7) is 2.78. The molecule has 0 amide bonds. The second-order valence-corrected chi connectivity index (χ2v) is 3.59. The SMILES string of the molecule is C#CC(NCC)c1cccc(Cl)c1Cl. The summed E-state index contributed by atoms with van der Waals surface area (Å²) in [5, 5.41) is 4.19. The lowest BCUT2D eigenvalue weighted by molar-refractivity contribution is 0.665. The molecule has 0 fully saturated rings. The Morgan fingerprint density at radius 2 is 2.21 bits per heavy atom. The van der Waals surface area contributed by atoms with Crippen LogP contribution in [0.5, 0.6) is 0 Å². The zero-order chi connectivity index (χ0) is 10.6. The van der Waals surface area contributed by atoms with Crippen LogP contribution in [0.15, 0.2) is 18.2 Å². The maximum atomic E-state index is 6.03. The Bertz CT molecular complexity index is 355. The van der Waals surface area contributed by atoms with E-state index in [1.165, 1.54) is 0 Å². The van der Waals surface area contributed by atoms with E-state index in [0.717, 1.165) is 12.1 Å². The first-order valence-electron chi connectivity index (χ1n) is 4.34. The van der Waals surface area contributed by atoms with E-state index in [9.17, 15) is 0 Å². The molecule has 1 nitrogen and oxygen atoms in total. The topological polar surface area (TPSA) is 12.0 Å². The highest BCUT2D eigenvalue weighted by atomic mass is 35.5. The molecule has 0 spiro atoms. The Balaban J connectivity index is 3.05. The summed E-state index contributed by atoms with van der Waals surface area (Å²) >= 11 is 11.9. The van der Waals surface area contributed by atoms with Gasteiger partial charge in [-0.15, -0.1) is 6.42 Å². The molecule has 14 heavy (non-hydrogen) atoms. The fourth-order valence-corrected chi connectivity index (χ4v) is 1.62. The van der Waals surface area contributed by atoms with Gasteiger partial charge in [0, 0.05) is 5.56 Å². The van der Waals surface area contributed by atoms with Crippen molar-refractivity contribution in [2.24, 2.45) is 0 Å². The van der Waals surface area contributed by atoms with Crippen LogP contribution in [0, 0.1) is 12.3 Å². The highest BCUT2D eigenvalue weighted by Crippen LogP contribution is 2.29. The molecule has 1 aromatic carbocycles. The van der Waals surface area contributed by atoms with Gasteiger partial charge in [0.1, 0.15) is 0 Å². The summed E-state index contributed by atoms with van der Waals surface area (Å²) in [6.07, 6.45) is 5.40. The second kappa shape index (κ2) is 5.26. The van der Waals surface area contributed by atoms with Crippen molar-refractivity contribution in [3.05, 3.63) is 33.8 Å². The molecule has 1 N–H and O–H groups in total. The van der Waals surface area contributed by atoms with Crippen molar-refractivity contribution in [2.45, 2.75) is 13.0 Å². The van der Waals surface area contributed by atoms with Gasteiger partial charge in [-0.3, -0.25) is 0 Å². The van der Waals surface area contributed by atoms with E-state index < -0.39 is 0 Å². The molecule has 0 aromatic heterocycles. The fraction of sp³-hybridized carbons (Fsp3) is 0.273. The van der Waals surface area contributed by atoms with Crippen LogP contribution >= 0.6 is 23.2 Å². The Morgan fingerprint density at radius 1 is 1.50 bits per heavy atom. The van der Waals surface area contributed by atoms with Gasteiger partial charge in [-0.2, -0.15) is 0 Å². The summed E-state index contributed by atoms with van der Waals surface area (Å²) in [5.41, 5.74) is 0.850. The predicted molar refractivity (Wildman–Crippen MR) is 61.7 cm³/mol. The molecule has 1 unspecified atom stereocenters. The molecule has 0 saturated heterocycles. The third kappa shape index (κ3) is 2.42. The summed E-state index contributed by atoms with van der Waals surface area (Å²) < 4.78 is 0. The van der Waals surface area contributed by atoms with Crippen molar-refractivity contribution in [3.63, 3.8) is 0 Å². The van der Waals surface area contributed by atoms with Crippen LogP contribution in [0.1, 0.15) is 18.5 Å². The quantitative estimate of drug-likeness (QED) is 0.783. The van der Waals surface area contributed by atoms with Crippen molar-refractivity contribution < 1.29 is 0 Å². The van der Waals surface area contributed by atoms with Crippen molar-refractivity contribution in [2.75, 3.05) is 6.54 Å². The monoisotopic (exact) mass is 227 g/mol. The van der Waals surface area contributed by atoms with Gasteiger partial charge in [-0.1, -0.05) is 48.2 Å². The van der Waals surface area contributed by atoms with E-state index in [0.29, 0.717) is 10.0 Å². The zero-order valence-electron chi connectivity index (χ0n) is 7.85. The molecule has 74 valence electrons. The summed E-state index contributed by atoms with van der Waals surface area (Å²) in [7, 11) is 0. The lowest BCUT2D eigenvalue weighted by Gasteiger charge is -2.13. The molecule has 0 aliphatic heterocycles. The molecule has 0 heterocycles. The first-order valence-corrected chi connectivity index (χ1v) is 5.09. The average Bonchev–Trinajstić information content (AvgIpc) is 2.19. The molecule has 3 heteroatoms. The van der Waals surface area contributed by atoms with E-state index in [-0.39, 0.29) is 6.04 Å². The van der Waals surface area contributed by atoms with Crippen molar-refractivity contribution in [3.8, 4) is 12.3 Å². The van der Waals surface area contributed by atoms with E-state index in [1.807, 2.05) is 19.1 Å².